The van der Waals surface area contributed by atoms with E-state index < -0.39 is 0 Å². The minimum Gasteiger partial charge on any atom is -0.355 e. The summed E-state index contributed by atoms with van der Waals surface area (Å²) in [7, 11) is 1.86. The van der Waals surface area contributed by atoms with E-state index in [-0.39, 0.29) is 29.5 Å². The molecule has 2 amide bonds. The van der Waals surface area contributed by atoms with Crippen LogP contribution in [0.5, 0.6) is 0 Å². The zero-order valence-electron chi connectivity index (χ0n) is 17.6. The van der Waals surface area contributed by atoms with Crippen molar-refractivity contribution in [3.05, 3.63) is 23.7 Å². The fraction of sp³-hybridized carbons (Fsp3) is 0.619. The quantitative estimate of drug-likeness (QED) is 0.771. The lowest BCUT2D eigenvalue weighted by Gasteiger charge is -2.34. The molecule has 1 aliphatic heterocycles. The SMILES string of the molecule is Cc1c(-c2cc(C(=O)N3CCC(=O)N(CC4CC4)C(C(C)C)C3)no2)cnn1C. The van der Waals surface area contributed by atoms with Gasteiger partial charge in [-0.15, -0.1) is 0 Å². The number of hydrogen-bond acceptors (Lipinski definition) is 5. The van der Waals surface area contributed by atoms with Crippen molar-refractivity contribution in [3.63, 3.8) is 0 Å². The summed E-state index contributed by atoms with van der Waals surface area (Å²) in [4.78, 5) is 29.7. The van der Waals surface area contributed by atoms with E-state index in [4.69, 9.17) is 4.52 Å². The molecule has 156 valence electrons. The number of nitrogens with zero attached hydrogens (tertiary/aromatic N) is 5. The van der Waals surface area contributed by atoms with Crippen molar-refractivity contribution in [1.82, 2.24) is 24.7 Å². The molecule has 2 aromatic rings. The van der Waals surface area contributed by atoms with E-state index in [1.54, 1.807) is 21.8 Å². The molecule has 8 heteroatoms. The van der Waals surface area contributed by atoms with Gasteiger partial charge in [0.05, 0.1) is 17.8 Å². The van der Waals surface area contributed by atoms with E-state index in [1.807, 2.05) is 18.9 Å². The second kappa shape index (κ2) is 7.65. The van der Waals surface area contributed by atoms with E-state index in [1.165, 1.54) is 12.8 Å². The van der Waals surface area contributed by atoms with Crippen LogP contribution < -0.4 is 0 Å². The van der Waals surface area contributed by atoms with Crippen molar-refractivity contribution in [3.8, 4) is 11.3 Å². The Labute approximate surface area is 170 Å². The van der Waals surface area contributed by atoms with Gasteiger partial charge in [-0.2, -0.15) is 5.10 Å². The summed E-state index contributed by atoms with van der Waals surface area (Å²) in [6.45, 7) is 7.93. The molecule has 0 spiro atoms. The summed E-state index contributed by atoms with van der Waals surface area (Å²) in [6.07, 6.45) is 4.47. The van der Waals surface area contributed by atoms with Crippen LogP contribution in [-0.2, 0) is 11.8 Å². The smallest absolute Gasteiger partial charge is 0.276 e. The highest BCUT2D eigenvalue weighted by molar-refractivity contribution is 5.93. The lowest BCUT2D eigenvalue weighted by atomic mass is 10.0. The van der Waals surface area contributed by atoms with Gasteiger partial charge in [0.15, 0.2) is 11.5 Å². The molecule has 2 aliphatic rings. The Kier molecular flexibility index (Phi) is 5.19. The molecular weight excluding hydrogens is 370 g/mol. The summed E-state index contributed by atoms with van der Waals surface area (Å²) < 4.78 is 7.19. The van der Waals surface area contributed by atoms with Crippen LogP contribution >= 0.6 is 0 Å². The zero-order valence-corrected chi connectivity index (χ0v) is 17.6. The minimum absolute atomic E-state index is 0.0292. The molecular formula is C21H29N5O3. The fourth-order valence-electron chi connectivity index (χ4n) is 3.95. The van der Waals surface area contributed by atoms with Gasteiger partial charge in [-0.3, -0.25) is 14.3 Å². The molecule has 1 unspecified atom stereocenters. The Hall–Kier alpha value is -2.64. The molecule has 1 saturated carbocycles. The van der Waals surface area contributed by atoms with Gasteiger partial charge in [-0.1, -0.05) is 19.0 Å². The highest BCUT2D eigenvalue weighted by atomic mass is 16.5. The van der Waals surface area contributed by atoms with Gasteiger partial charge in [-0.25, -0.2) is 0 Å². The highest BCUT2D eigenvalue weighted by Gasteiger charge is 2.37. The van der Waals surface area contributed by atoms with Crippen molar-refractivity contribution in [2.75, 3.05) is 19.6 Å². The monoisotopic (exact) mass is 399 g/mol. The first-order valence-electron chi connectivity index (χ1n) is 10.4. The predicted molar refractivity (Wildman–Crippen MR) is 107 cm³/mol. The maximum atomic E-state index is 13.2. The summed E-state index contributed by atoms with van der Waals surface area (Å²) >= 11 is 0. The Morgan fingerprint density at radius 3 is 2.72 bits per heavy atom. The number of hydrogen-bond donors (Lipinski definition) is 0. The molecule has 0 aromatic carbocycles. The number of carbonyl (C=O) groups excluding carboxylic acids is 2. The van der Waals surface area contributed by atoms with Crippen LogP contribution in [0.15, 0.2) is 16.8 Å². The number of rotatable bonds is 5. The molecule has 2 fully saturated rings. The van der Waals surface area contributed by atoms with Crippen molar-refractivity contribution >= 4 is 11.8 Å². The highest BCUT2D eigenvalue weighted by Crippen LogP contribution is 2.32. The molecule has 1 aliphatic carbocycles. The minimum atomic E-state index is -0.187. The van der Waals surface area contributed by atoms with Crippen molar-refractivity contribution in [1.29, 1.82) is 0 Å². The summed E-state index contributed by atoms with van der Waals surface area (Å²) in [5.41, 5.74) is 2.03. The average molecular weight is 399 g/mol. The van der Waals surface area contributed by atoms with E-state index in [9.17, 15) is 9.59 Å². The van der Waals surface area contributed by atoms with Crippen LogP contribution in [0.3, 0.4) is 0 Å². The van der Waals surface area contributed by atoms with Crippen molar-refractivity contribution in [2.24, 2.45) is 18.9 Å². The molecule has 0 bridgehead atoms. The van der Waals surface area contributed by atoms with Gasteiger partial charge in [0.1, 0.15) is 0 Å². The van der Waals surface area contributed by atoms with E-state index >= 15 is 0 Å². The van der Waals surface area contributed by atoms with Crippen LogP contribution in [-0.4, -0.2) is 62.2 Å². The summed E-state index contributed by atoms with van der Waals surface area (Å²) in [6, 6.07) is 1.70. The first-order chi connectivity index (χ1) is 13.8. The lowest BCUT2D eigenvalue weighted by molar-refractivity contribution is -0.133. The van der Waals surface area contributed by atoms with E-state index in [2.05, 4.69) is 24.1 Å². The molecule has 1 atom stereocenters. The molecule has 0 N–H and O–H groups in total. The number of aryl methyl sites for hydroxylation is 1. The standard InChI is InChI=1S/C21H29N5O3/c1-13(2)18-12-25(8-7-20(27)26(18)11-15-5-6-15)21(28)17-9-19(29-23-17)16-10-22-24(4)14(16)3/h9-10,13,15,18H,5-8,11-12H2,1-4H3. The van der Waals surface area contributed by atoms with E-state index in [0.29, 0.717) is 31.2 Å². The molecule has 2 aromatic heterocycles. The maximum absolute atomic E-state index is 13.2. The van der Waals surface area contributed by atoms with Gasteiger partial charge in [-0.05, 0) is 31.6 Å². The van der Waals surface area contributed by atoms with Crippen molar-refractivity contribution < 1.29 is 14.1 Å². The van der Waals surface area contributed by atoms with Crippen LogP contribution in [0.4, 0.5) is 0 Å². The van der Waals surface area contributed by atoms with Gasteiger partial charge in [0, 0.05) is 44.9 Å². The third-order valence-electron chi connectivity index (χ3n) is 6.16. The summed E-state index contributed by atoms with van der Waals surface area (Å²) in [5.74, 6) is 1.40. The Bertz CT molecular complexity index is 911. The number of carbonyl (C=O) groups is 2. The third-order valence-corrected chi connectivity index (χ3v) is 6.16. The first kappa shape index (κ1) is 19.7. The van der Waals surface area contributed by atoms with Crippen LogP contribution in [0.1, 0.15) is 49.3 Å². The molecule has 3 heterocycles. The Morgan fingerprint density at radius 1 is 1.34 bits per heavy atom. The van der Waals surface area contributed by atoms with Gasteiger partial charge in [0.2, 0.25) is 5.91 Å². The van der Waals surface area contributed by atoms with E-state index in [0.717, 1.165) is 17.8 Å². The molecule has 29 heavy (non-hydrogen) atoms. The molecule has 4 rings (SSSR count). The lowest BCUT2D eigenvalue weighted by Crippen LogP contribution is -2.48. The Morgan fingerprint density at radius 2 is 2.10 bits per heavy atom. The second-order valence-corrected chi connectivity index (χ2v) is 8.65. The summed E-state index contributed by atoms with van der Waals surface area (Å²) in [5, 5.41) is 8.23. The molecule has 8 nitrogen and oxygen atoms in total. The predicted octanol–water partition coefficient (Wildman–Crippen LogP) is 2.49. The Balaban J connectivity index is 1.53. The largest absolute Gasteiger partial charge is 0.355 e. The average Bonchev–Trinajstić information content (AvgIpc) is 3.32. The fourth-order valence-corrected chi connectivity index (χ4v) is 3.95. The molecule has 0 radical (unpaired) electrons. The zero-order chi connectivity index (χ0) is 20.7. The van der Waals surface area contributed by atoms with Gasteiger partial charge < -0.3 is 14.3 Å². The van der Waals surface area contributed by atoms with Crippen molar-refractivity contribution in [2.45, 2.75) is 46.1 Å². The second-order valence-electron chi connectivity index (χ2n) is 8.65. The first-order valence-corrected chi connectivity index (χ1v) is 10.4. The molecule has 1 saturated heterocycles. The maximum Gasteiger partial charge on any atom is 0.276 e. The van der Waals surface area contributed by atoms with Crippen LogP contribution in [0.2, 0.25) is 0 Å². The number of aromatic nitrogens is 3. The van der Waals surface area contributed by atoms with Crippen LogP contribution in [0, 0.1) is 18.8 Å². The van der Waals surface area contributed by atoms with Gasteiger partial charge in [0.25, 0.3) is 5.91 Å². The van der Waals surface area contributed by atoms with Crippen LogP contribution in [0.25, 0.3) is 11.3 Å². The third kappa shape index (κ3) is 3.93. The normalized spacial score (nSPS) is 20.4. The topological polar surface area (TPSA) is 84.5 Å². The van der Waals surface area contributed by atoms with Gasteiger partial charge >= 0.3 is 0 Å². The number of amides is 2.